The molecule has 0 amide bonds. The molecule has 1 N–H and O–H groups in total. The lowest BCUT2D eigenvalue weighted by atomic mass is 10.3. The van der Waals surface area contributed by atoms with Crippen LogP contribution in [0.4, 0.5) is 0 Å². The van der Waals surface area contributed by atoms with Gasteiger partial charge in [0.1, 0.15) is 16.3 Å². The number of benzene rings is 1. The molecule has 0 radical (unpaired) electrons. The molecule has 100 valence electrons. The number of hydrogen-bond donors (Lipinski definition) is 1. The molecule has 1 aromatic rings. The minimum absolute atomic E-state index is 0.166. The average molecular weight is 428 g/mol. The highest BCUT2D eigenvalue weighted by atomic mass is 127. The van der Waals surface area contributed by atoms with Crippen molar-refractivity contribution in [2.75, 3.05) is 26.8 Å². The fourth-order valence-electron chi connectivity index (χ4n) is 1.21. The minimum Gasteiger partial charge on any atom is -0.492 e. The van der Waals surface area contributed by atoms with E-state index in [2.05, 4.69) is 48.6 Å². The van der Waals surface area contributed by atoms with Crippen LogP contribution in [0.5, 0.6) is 5.75 Å². The van der Waals surface area contributed by atoms with Crippen LogP contribution >= 0.6 is 38.5 Å². The Balaban J connectivity index is 2.12. The molecule has 1 unspecified atom stereocenters. The molecule has 0 spiro atoms. The fourth-order valence-corrected chi connectivity index (χ4v) is 2.04. The summed E-state index contributed by atoms with van der Waals surface area (Å²) in [5.74, 6) is 0.621. The zero-order valence-electron chi connectivity index (χ0n) is 9.99. The van der Waals surface area contributed by atoms with E-state index in [0.717, 1.165) is 10.2 Å². The Kier molecular flexibility index (Phi) is 7.60. The van der Waals surface area contributed by atoms with Crippen molar-refractivity contribution in [1.29, 1.82) is 0 Å². The molecule has 1 aromatic carbocycles. The van der Waals surface area contributed by atoms with Crippen LogP contribution in [0.1, 0.15) is 0 Å². The van der Waals surface area contributed by atoms with E-state index >= 15 is 0 Å². The maximum Gasteiger partial charge on any atom is 0.319 e. The van der Waals surface area contributed by atoms with Crippen molar-refractivity contribution in [2.45, 2.75) is 3.92 Å². The second-order valence-corrected chi connectivity index (χ2v) is 5.92. The molecule has 0 aliphatic rings. The number of methoxy groups -OCH3 is 1. The van der Waals surface area contributed by atoms with Gasteiger partial charge in [-0.3, -0.25) is 4.79 Å². The Morgan fingerprint density at radius 2 is 2.11 bits per heavy atom. The maximum atomic E-state index is 11.1. The number of carbonyl (C=O) groups is 1. The summed E-state index contributed by atoms with van der Waals surface area (Å²) in [6.07, 6.45) is 0. The van der Waals surface area contributed by atoms with Crippen molar-refractivity contribution in [3.63, 3.8) is 0 Å². The number of hydrogen-bond acceptors (Lipinski definition) is 4. The summed E-state index contributed by atoms with van der Waals surface area (Å²) in [6.45, 7) is 1.83. The van der Waals surface area contributed by atoms with Crippen molar-refractivity contribution in [2.24, 2.45) is 0 Å². The molecule has 0 saturated carbocycles. The summed E-state index contributed by atoms with van der Waals surface area (Å²) in [5.41, 5.74) is 0. The quantitative estimate of drug-likeness (QED) is 0.314. The molecule has 1 rings (SSSR count). The molecule has 0 aliphatic carbocycles. The number of carbonyl (C=O) groups excluding carboxylic acids is 1. The molecule has 0 aromatic heterocycles. The highest BCUT2D eigenvalue weighted by molar-refractivity contribution is 14.1. The predicted octanol–water partition coefficient (Wildman–Crippen LogP) is 2.39. The van der Waals surface area contributed by atoms with Crippen LogP contribution in [0.25, 0.3) is 0 Å². The number of halogens is 2. The highest BCUT2D eigenvalue weighted by Gasteiger charge is 2.13. The van der Waals surface area contributed by atoms with Gasteiger partial charge in [0.05, 0.1) is 7.11 Å². The van der Waals surface area contributed by atoms with Crippen LogP contribution in [0.15, 0.2) is 28.7 Å². The summed E-state index contributed by atoms with van der Waals surface area (Å²) in [5, 5.41) is 3.14. The molecule has 0 fully saturated rings. The van der Waals surface area contributed by atoms with Crippen molar-refractivity contribution >= 4 is 44.5 Å². The first-order chi connectivity index (χ1) is 8.63. The normalized spacial score (nSPS) is 11.9. The Morgan fingerprint density at radius 1 is 1.44 bits per heavy atom. The summed E-state index contributed by atoms with van der Waals surface area (Å²) in [7, 11) is 1.39. The smallest absolute Gasteiger partial charge is 0.319 e. The second-order valence-electron chi connectivity index (χ2n) is 3.50. The zero-order valence-corrected chi connectivity index (χ0v) is 13.7. The van der Waals surface area contributed by atoms with E-state index in [-0.39, 0.29) is 9.89 Å². The van der Waals surface area contributed by atoms with Gasteiger partial charge in [-0.05, 0) is 24.3 Å². The van der Waals surface area contributed by atoms with Crippen molar-refractivity contribution < 1.29 is 14.3 Å². The van der Waals surface area contributed by atoms with Crippen LogP contribution < -0.4 is 10.1 Å². The monoisotopic (exact) mass is 427 g/mol. The van der Waals surface area contributed by atoms with Crippen LogP contribution in [0, 0.1) is 0 Å². The van der Waals surface area contributed by atoms with Crippen LogP contribution in [-0.2, 0) is 9.53 Å². The largest absolute Gasteiger partial charge is 0.492 e. The molecule has 0 saturated heterocycles. The van der Waals surface area contributed by atoms with Crippen molar-refractivity contribution in [3.05, 3.63) is 28.7 Å². The maximum absolute atomic E-state index is 11.1. The van der Waals surface area contributed by atoms with E-state index in [1.165, 1.54) is 7.11 Å². The zero-order chi connectivity index (χ0) is 13.4. The third-order valence-corrected chi connectivity index (χ3v) is 3.62. The van der Waals surface area contributed by atoms with E-state index in [1.807, 2.05) is 24.3 Å². The molecule has 6 heteroatoms. The Hall–Kier alpha value is -0.340. The number of ether oxygens (including phenoxy) is 2. The van der Waals surface area contributed by atoms with Gasteiger partial charge in [0, 0.05) is 17.6 Å². The van der Waals surface area contributed by atoms with Gasteiger partial charge in [-0.2, -0.15) is 0 Å². The second kappa shape index (κ2) is 8.71. The molecular formula is C12H15BrINO3. The van der Waals surface area contributed by atoms with Gasteiger partial charge in [-0.15, -0.1) is 0 Å². The molecule has 18 heavy (non-hydrogen) atoms. The lowest BCUT2D eigenvalue weighted by Crippen LogP contribution is -2.32. The van der Waals surface area contributed by atoms with Gasteiger partial charge < -0.3 is 14.8 Å². The Bertz CT molecular complexity index is 372. The van der Waals surface area contributed by atoms with E-state index in [0.29, 0.717) is 19.7 Å². The van der Waals surface area contributed by atoms with E-state index < -0.39 is 0 Å². The first kappa shape index (κ1) is 15.7. The van der Waals surface area contributed by atoms with Gasteiger partial charge in [0.25, 0.3) is 0 Å². The third-order valence-electron chi connectivity index (χ3n) is 2.14. The van der Waals surface area contributed by atoms with Crippen LogP contribution in [0.2, 0.25) is 0 Å². The molecule has 0 heterocycles. The van der Waals surface area contributed by atoms with Gasteiger partial charge in [-0.25, -0.2) is 0 Å². The minimum atomic E-state index is -0.211. The molecule has 1 atom stereocenters. The molecule has 0 bridgehead atoms. The summed E-state index contributed by atoms with van der Waals surface area (Å²) < 4.78 is 11.0. The topological polar surface area (TPSA) is 47.6 Å². The lowest BCUT2D eigenvalue weighted by molar-refractivity contribution is -0.139. The lowest BCUT2D eigenvalue weighted by Gasteiger charge is -2.10. The van der Waals surface area contributed by atoms with Crippen LogP contribution in [0.3, 0.4) is 0 Å². The van der Waals surface area contributed by atoms with E-state index in [9.17, 15) is 4.79 Å². The van der Waals surface area contributed by atoms with Crippen molar-refractivity contribution in [3.8, 4) is 5.75 Å². The SMILES string of the molecule is COC(=O)C(I)CNCCOc1ccc(Br)cc1. The van der Waals surface area contributed by atoms with Crippen molar-refractivity contribution in [1.82, 2.24) is 5.32 Å². The first-order valence-electron chi connectivity index (χ1n) is 5.44. The highest BCUT2D eigenvalue weighted by Crippen LogP contribution is 2.15. The average Bonchev–Trinajstić information content (AvgIpc) is 2.39. The Labute approximate surface area is 129 Å². The molecule has 4 nitrogen and oxygen atoms in total. The van der Waals surface area contributed by atoms with Gasteiger partial charge in [-0.1, -0.05) is 38.5 Å². The molecule has 0 aliphatic heterocycles. The number of alkyl halides is 1. The van der Waals surface area contributed by atoms with E-state index in [1.54, 1.807) is 0 Å². The number of nitrogens with one attached hydrogen (secondary N) is 1. The summed E-state index contributed by atoms with van der Waals surface area (Å²) in [4.78, 5) is 11.1. The predicted molar refractivity (Wildman–Crippen MR) is 82.3 cm³/mol. The van der Waals surface area contributed by atoms with Gasteiger partial charge in [0.15, 0.2) is 0 Å². The number of rotatable bonds is 7. The standard InChI is InChI=1S/C12H15BrINO3/c1-17-12(16)11(14)8-15-6-7-18-10-4-2-9(13)3-5-10/h2-5,11,15H,6-8H2,1H3. The summed E-state index contributed by atoms with van der Waals surface area (Å²) >= 11 is 5.41. The van der Waals surface area contributed by atoms with Gasteiger partial charge >= 0.3 is 5.97 Å². The van der Waals surface area contributed by atoms with E-state index in [4.69, 9.17) is 4.74 Å². The number of esters is 1. The third kappa shape index (κ3) is 6.01. The van der Waals surface area contributed by atoms with Crippen LogP contribution in [-0.4, -0.2) is 36.7 Å². The fraction of sp³-hybridized carbons (Fsp3) is 0.417. The van der Waals surface area contributed by atoms with Gasteiger partial charge in [0.2, 0.25) is 0 Å². The summed E-state index contributed by atoms with van der Waals surface area (Å²) in [6, 6.07) is 7.67. The molecular weight excluding hydrogens is 413 g/mol. The Morgan fingerprint density at radius 3 is 2.72 bits per heavy atom. The first-order valence-corrected chi connectivity index (χ1v) is 7.48.